The van der Waals surface area contributed by atoms with Gasteiger partial charge in [-0.05, 0) is 36.5 Å². The quantitative estimate of drug-likeness (QED) is 0.832. The van der Waals surface area contributed by atoms with Crippen molar-refractivity contribution in [3.8, 4) is 0 Å². The topological polar surface area (TPSA) is 45.6 Å². The molecule has 5 nitrogen and oxygen atoms in total. The van der Waals surface area contributed by atoms with Crippen molar-refractivity contribution in [2.45, 2.75) is 31.8 Å². The molecule has 3 heterocycles. The largest absolute Gasteiger partial charge is 0.338 e. The first kappa shape index (κ1) is 17.0. The number of amides is 1. The summed E-state index contributed by atoms with van der Waals surface area (Å²) in [4.78, 5) is 28.7. The summed E-state index contributed by atoms with van der Waals surface area (Å²) in [6.45, 7) is 3.70. The second kappa shape index (κ2) is 7.08. The summed E-state index contributed by atoms with van der Waals surface area (Å²) in [5, 5.41) is 0. The minimum atomic E-state index is -0.0920. The molecule has 1 aromatic heterocycles. The molecule has 4 rings (SSSR count). The van der Waals surface area contributed by atoms with Gasteiger partial charge in [-0.1, -0.05) is 24.3 Å². The summed E-state index contributed by atoms with van der Waals surface area (Å²) in [5.41, 5.74) is 3.43. The summed E-state index contributed by atoms with van der Waals surface area (Å²) in [6, 6.07) is 12.4. The average molecular weight is 351 g/mol. The van der Waals surface area contributed by atoms with Crippen molar-refractivity contribution in [2.24, 2.45) is 7.05 Å². The van der Waals surface area contributed by atoms with E-state index in [9.17, 15) is 9.59 Å². The van der Waals surface area contributed by atoms with Gasteiger partial charge >= 0.3 is 0 Å². The van der Waals surface area contributed by atoms with Crippen molar-refractivity contribution in [1.29, 1.82) is 0 Å². The van der Waals surface area contributed by atoms with Crippen molar-refractivity contribution < 1.29 is 4.79 Å². The SMILES string of the molecule is Cn1cc(C(=O)N2CCC(N3CCc4ccccc4C3)CC2)ccc1=O. The van der Waals surface area contributed by atoms with Gasteiger partial charge in [-0.3, -0.25) is 14.5 Å². The molecular formula is C21H25N3O2. The average Bonchev–Trinajstić information content (AvgIpc) is 2.69. The first-order chi connectivity index (χ1) is 12.6. The number of piperidine rings is 1. The summed E-state index contributed by atoms with van der Waals surface area (Å²) >= 11 is 0. The predicted molar refractivity (Wildman–Crippen MR) is 101 cm³/mol. The van der Waals surface area contributed by atoms with Gasteiger partial charge in [-0.2, -0.15) is 0 Å². The molecule has 1 fully saturated rings. The number of fused-ring (bicyclic) bond motifs is 1. The van der Waals surface area contributed by atoms with Gasteiger partial charge in [0.25, 0.3) is 5.91 Å². The number of hydrogen-bond acceptors (Lipinski definition) is 3. The Morgan fingerprint density at radius 2 is 1.73 bits per heavy atom. The molecule has 26 heavy (non-hydrogen) atoms. The van der Waals surface area contributed by atoms with Gasteiger partial charge in [-0.25, -0.2) is 0 Å². The van der Waals surface area contributed by atoms with E-state index in [0.29, 0.717) is 11.6 Å². The highest BCUT2D eigenvalue weighted by Gasteiger charge is 2.29. The molecule has 5 heteroatoms. The maximum atomic E-state index is 12.7. The molecule has 0 spiro atoms. The van der Waals surface area contributed by atoms with Gasteiger partial charge in [0.05, 0.1) is 5.56 Å². The Bertz CT molecular complexity index is 866. The number of hydrogen-bond donors (Lipinski definition) is 0. The van der Waals surface area contributed by atoms with E-state index in [0.717, 1.165) is 45.4 Å². The van der Waals surface area contributed by atoms with Crippen LogP contribution in [0.15, 0.2) is 47.4 Å². The third kappa shape index (κ3) is 3.31. The van der Waals surface area contributed by atoms with Crippen molar-refractivity contribution in [2.75, 3.05) is 19.6 Å². The Morgan fingerprint density at radius 3 is 2.46 bits per heavy atom. The summed E-state index contributed by atoms with van der Waals surface area (Å²) in [7, 11) is 1.68. The summed E-state index contributed by atoms with van der Waals surface area (Å²) in [5.74, 6) is 0.0306. The second-order valence-electron chi connectivity index (χ2n) is 7.38. The molecule has 0 atom stereocenters. The molecule has 2 aliphatic rings. The standard InChI is InChI=1S/C21H25N3O2/c1-22-14-18(6-7-20(22)25)21(26)23-12-9-19(10-13-23)24-11-8-16-4-2-3-5-17(16)15-24/h2-7,14,19H,8-13,15H2,1H3. The normalized spacial score (nSPS) is 18.6. The fourth-order valence-electron chi connectivity index (χ4n) is 4.17. The van der Waals surface area contributed by atoms with Gasteiger partial charge in [0.1, 0.15) is 0 Å². The Morgan fingerprint density at radius 1 is 1.00 bits per heavy atom. The first-order valence-corrected chi connectivity index (χ1v) is 9.38. The van der Waals surface area contributed by atoms with Crippen LogP contribution in [-0.4, -0.2) is 46.0 Å². The summed E-state index contributed by atoms with van der Waals surface area (Å²) < 4.78 is 1.46. The highest BCUT2D eigenvalue weighted by atomic mass is 16.2. The van der Waals surface area contributed by atoms with Gasteiger partial charge in [-0.15, -0.1) is 0 Å². The molecule has 0 saturated carbocycles. The van der Waals surface area contributed by atoms with Gasteiger partial charge in [0, 0.05) is 51.5 Å². The molecule has 1 saturated heterocycles. The molecular weight excluding hydrogens is 326 g/mol. The van der Waals surface area contributed by atoms with Crippen LogP contribution in [0.2, 0.25) is 0 Å². The lowest BCUT2D eigenvalue weighted by atomic mass is 9.95. The maximum Gasteiger partial charge on any atom is 0.255 e. The maximum absolute atomic E-state index is 12.7. The van der Waals surface area contributed by atoms with Gasteiger partial charge in [0.2, 0.25) is 5.56 Å². The van der Waals surface area contributed by atoms with Gasteiger partial charge < -0.3 is 9.47 Å². The molecule has 0 bridgehead atoms. The highest BCUT2D eigenvalue weighted by Crippen LogP contribution is 2.25. The Kier molecular flexibility index (Phi) is 4.64. The van der Waals surface area contributed by atoms with Crippen LogP contribution in [-0.2, 0) is 20.0 Å². The number of carbonyl (C=O) groups excluding carboxylic acids is 1. The van der Waals surface area contributed by atoms with Crippen molar-refractivity contribution in [3.05, 3.63) is 69.6 Å². The molecule has 0 unspecified atom stereocenters. The van der Waals surface area contributed by atoms with E-state index in [-0.39, 0.29) is 11.5 Å². The molecule has 0 aliphatic carbocycles. The van der Waals surface area contributed by atoms with E-state index in [2.05, 4.69) is 29.2 Å². The number of rotatable bonds is 2. The molecule has 2 aromatic rings. The van der Waals surface area contributed by atoms with Crippen LogP contribution in [0.3, 0.4) is 0 Å². The van der Waals surface area contributed by atoms with E-state index in [1.165, 1.54) is 21.8 Å². The van der Waals surface area contributed by atoms with Crippen LogP contribution in [0.5, 0.6) is 0 Å². The van der Waals surface area contributed by atoms with Crippen LogP contribution < -0.4 is 5.56 Å². The van der Waals surface area contributed by atoms with E-state index in [1.807, 2.05) is 4.90 Å². The van der Waals surface area contributed by atoms with E-state index in [1.54, 1.807) is 19.3 Å². The van der Waals surface area contributed by atoms with E-state index in [4.69, 9.17) is 0 Å². The molecule has 0 radical (unpaired) electrons. The van der Waals surface area contributed by atoms with Crippen LogP contribution in [0, 0.1) is 0 Å². The molecule has 1 amide bonds. The summed E-state index contributed by atoms with van der Waals surface area (Å²) in [6.07, 6.45) is 4.78. The molecule has 136 valence electrons. The lowest BCUT2D eigenvalue weighted by molar-refractivity contribution is 0.0598. The van der Waals surface area contributed by atoms with Crippen molar-refractivity contribution in [1.82, 2.24) is 14.4 Å². The Hall–Kier alpha value is -2.40. The number of likely N-dealkylation sites (tertiary alicyclic amines) is 1. The van der Waals surface area contributed by atoms with Crippen LogP contribution in [0.4, 0.5) is 0 Å². The fourth-order valence-corrected chi connectivity index (χ4v) is 4.17. The zero-order valence-electron chi connectivity index (χ0n) is 15.2. The number of aryl methyl sites for hydroxylation is 1. The highest BCUT2D eigenvalue weighted by molar-refractivity contribution is 5.93. The van der Waals surface area contributed by atoms with Crippen LogP contribution in [0.1, 0.15) is 34.3 Å². The fraction of sp³-hybridized carbons (Fsp3) is 0.429. The van der Waals surface area contributed by atoms with E-state index >= 15 is 0 Å². The predicted octanol–water partition coefficient (Wildman–Crippen LogP) is 2.05. The minimum Gasteiger partial charge on any atom is -0.338 e. The number of aromatic nitrogens is 1. The van der Waals surface area contributed by atoms with Gasteiger partial charge in [0.15, 0.2) is 0 Å². The van der Waals surface area contributed by atoms with Crippen LogP contribution >= 0.6 is 0 Å². The number of pyridine rings is 1. The Labute approximate surface area is 153 Å². The minimum absolute atomic E-state index is 0.0306. The number of benzene rings is 1. The third-order valence-corrected chi connectivity index (χ3v) is 5.76. The molecule has 2 aliphatic heterocycles. The van der Waals surface area contributed by atoms with Crippen molar-refractivity contribution in [3.63, 3.8) is 0 Å². The zero-order valence-corrected chi connectivity index (χ0v) is 15.2. The lowest BCUT2D eigenvalue weighted by Gasteiger charge is -2.40. The molecule has 0 N–H and O–H groups in total. The Balaban J connectivity index is 1.38. The second-order valence-corrected chi connectivity index (χ2v) is 7.38. The van der Waals surface area contributed by atoms with Crippen LogP contribution in [0.25, 0.3) is 0 Å². The lowest BCUT2D eigenvalue weighted by Crippen LogP contribution is -2.48. The third-order valence-electron chi connectivity index (χ3n) is 5.76. The first-order valence-electron chi connectivity index (χ1n) is 9.38. The van der Waals surface area contributed by atoms with Crippen molar-refractivity contribution >= 4 is 5.91 Å². The monoisotopic (exact) mass is 351 g/mol. The van der Waals surface area contributed by atoms with E-state index < -0.39 is 0 Å². The molecule has 1 aromatic carbocycles. The zero-order chi connectivity index (χ0) is 18.1. The number of nitrogens with zero attached hydrogens (tertiary/aromatic N) is 3. The smallest absolute Gasteiger partial charge is 0.255 e. The number of carbonyl (C=O) groups is 1.